The molecule has 0 aromatic rings. The summed E-state index contributed by atoms with van der Waals surface area (Å²) in [7, 11) is 0. The van der Waals surface area contributed by atoms with Gasteiger partial charge in [0.05, 0.1) is 5.60 Å². The number of nitrogens with zero attached hydrogens (tertiary/aromatic N) is 1. The number of carbonyl (C=O) groups is 1. The van der Waals surface area contributed by atoms with Crippen LogP contribution in [0.15, 0.2) is 0 Å². The Balaban J connectivity index is 2.50. The number of rotatable bonds is 4. The fourth-order valence-electron chi connectivity index (χ4n) is 1.36. The van der Waals surface area contributed by atoms with Gasteiger partial charge in [-0.25, -0.2) is 0 Å². The van der Waals surface area contributed by atoms with Crippen molar-refractivity contribution < 1.29 is 22.7 Å². The summed E-state index contributed by atoms with van der Waals surface area (Å²) in [6.07, 6.45) is -3.05. The van der Waals surface area contributed by atoms with E-state index in [-0.39, 0.29) is 12.6 Å². The van der Waals surface area contributed by atoms with Crippen molar-refractivity contribution in [3.63, 3.8) is 0 Å². The highest BCUT2D eigenvalue weighted by molar-refractivity contribution is 5.78. The summed E-state index contributed by atoms with van der Waals surface area (Å²) in [4.78, 5) is 12.5. The summed E-state index contributed by atoms with van der Waals surface area (Å²) in [6.45, 7) is 3.79. The lowest BCUT2D eigenvalue weighted by molar-refractivity contribution is -0.167. The first kappa shape index (κ1) is 14.3. The molecule has 0 unspecified atom stereocenters. The van der Waals surface area contributed by atoms with E-state index in [0.29, 0.717) is 12.8 Å². The van der Waals surface area contributed by atoms with Crippen LogP contribution in [0.25, 0.3) is 0 Å². The van der Waals surface area contributed by atoms with E-state index in [4.69, 9.17) is 4.74 Å². The summed E-state index contributed by atoms with van der Waals surface area (Å²) < 4.78 is 42.1. The van der Waals surface area contributed by atoms with Crippen molar-refractivity contribution in [2.75, 3.05) is 13.2 Å². The number of hydrogen-bond acceptors (Lipinski definition) is 2. The van der Waals surface area contributed by atoms with Crippen LogP contribution < -0.4 is 0 Å². The Morgan fingerprint density at radius 2 is 1.82 bits per heavy atom. The molecule has 1 rings (SSSR count). The van der Waals surface area contributed by atoms with Crippen LogP contribution in [-0.4, -0.2) is 41.8 Å². The molecule has 17 heavy (non-hydrogen) atoms. The summed E-state index contributed by atoms with van der Waals surface area (Å²) in [5.74, 6) is -0.584. The third kappa shape index (κ3) is 5.91. The fourth-order valence-corrected chi connectivity index (χ4v) is 1.36. The first-order valence-corrected chi connectivity index (χ1v) is 5.59. The molecule has 1 aliphatic rings. The molecule has 0 aromatic carbocycles. The van der Waals surface area contributed by atoms with E-state index >= 15 is 0 Å². The van der Waals surface area contributed by atoms with Crippen LogP contribution in [0.2, 0.25) is 0 Å². The minimum absolute atomic E-state index is 0.257. The lowest BCUT2D eigenvalue weighted by Gasteiger charge is -2.26. The number of carbonyl (C=O) groups excluding carboxylic acids is 1. The van der Waals surface area contributed by atoms with Crippen molar-refractivity contribution in [1.82, 2.24) is 4.90 Å². The molecule has 0 heterocycles. The summed E-state index contributed by atoms with van der Waals surface area (Å²) >= 11 is 0. The molecular formula is C11H18F3NO2. The van der Waals surface area contributed by atoms with Gasteiger partial charge in [0.15, 0.2) is 0 Å². The maximum absolute atomic E-state index is 12.3. The standard InChI is InChI=1S/C11H18F3NO2/c1-10(2,3)17-6-9(16)15(8-4-5-8)7-11(12,13)14/h8H,4-7H2,1-3H3. The van der Waals surface area contributed by atoms with Gasteiger partial charge < -0.3 is 9.64 Å². The maximum atomic E-state index is 12.3. The van der Waals surface area contributed by atoms with Crippen LogP contribution in [0.1, 0.15) is 33.6 Å². The molecule has 1 fully saturated rings. The molecule has 3 nitrogen and oxygen atoms in total. The third-order valence-electron chi connectivity index (χ3n) is 2.29. The Labute approximate surface area is 98.9 Å². The predicted molar refractivity (Wildman–Crippen MR) is 56.5 cm³/mol. The van der Waals surface area contributed by atoms with Crippen molar-refractivity contribution >= 4 is 5.91 Å². The van der Waals surface area contributed by atoms with Crippen LogP contribution >= 0.6 is 0 Å². The first-order valence-electron chi connectivity index (χ1n) is 5.59. The molecule has 0 N–H and O–H groups in total. The molecule has 0 spiro atoms. The Kier molecular flexibility index (Phi) is 4.06. The Morgan fingerprint density at radius 3 is 2.18 bits per heavy atom. The van der Waals surface area contributed by atoms with E-state index in [0.717, 1.165) is 4.90 Å². The second kappa shape index (κ2) is 4.84. The van der Waals surface area contributed by atoms with Gasteiger partial charge in [-0.1, -0.05) is 0 Å². The van der Waals surface area contributed by atoms with Crippen molar-refractivity contribution in [2.45, 2.75) is 51.4 Å². The molecule has 1 saturated carbocycles. The van der Waals surface area contributed by atoms with Crippen molar-refractivity contribution in [1.29, 1.82) is 0 Å². The average Bonchev–Trinajstić information content (AvgIpc) is 2.90. The van der Waals surface area contributed by atoms with E-state index < -0.39 is 24.2 Å². The predicted octanol–water partition coefficient (Wildman–Crippen LogP) is 2.35. The van der Waals surface area contributed by atoms with Gasteiger partial charge >= 0.3 is 6.18 Å². The molecule has 1 aliphatic carbocycles. The van der Waals surface area contributed by atoms with Crippen LogP contribution in [0.3, 0.4) is 0 Å². The lowest BCUT2D eigenvalue weighted by Crippen LogP contribution is -2.43. The average molecular weight is 253 g/mol. The molecule has 6 heteroatoms. The number of hydrogen-bond donors (Lipinski definition) is 0. The SMILES string of the molecule is CC(C)(C)OCC(=O)N(CC(F)(F)F)C1CC1. The van der Waals surface area contributed by atoms with E-state index in [1.807, 2.05) is 0 Å². The van der Waals surface area contributed by atoms with Gasteiger partial charge in [0.25, 0.3) is 0 Å². The van der Waals surface area contributed by atoms with Crippen molar-refractivity contribution in [3.05, 3.63) is 0 Å². The highest BCUT2D eigenvalue weighted by Crippen LogP contribution is 2.30. The smallest absolute Gasteiger partial charge is 0.366 e. The minimum atomic E-state index is -4.35. The van der Waals surface area contributed by atoms with Crippen molar-refractivity contribution in [3.8, 4) is 0 Å². The van der Waals surface area contributed by atoms with Crippen LogP contribution in [0, 0.1) is 0 Å². The van der Waals surface area contributed by atoms with Gasteiger partial charge in [-0.2, -0.15) is 13.2 Å². The molecule has 0 aliphatic heterocycles. The summed E-state index contributed by atoms with van der Waals surface area (Å²) in [5, 5.41) is 0. The number of amides is 1. The minimum Gasteiger partial charge on any atom is -0.366 e. The molecule has 100 valence electrons. The number of alkyl halides is 3. The Morgan fingerprint density at radius 1 is 1.29 bits per heavy atom. The van der Waals surface area contributed by atoms with Gasteiger partial charge in [0.2, 0.25) is 5.91 Å². The largest absolute Gasteiger partial charge is 0.406 e. The molecular weight excluding hydrogens is 235 g/mol. The third-order valence-corrected chi connectivity index (χ3v) is 2.29. The van der Waals surface area contributed by atoms with Gasteiger partial charge in [-0.15, -0.1) is 0 Å². The molecule has 1 amide bonds. The second-order valence-electron chi connectivity index (χ2n) is 5.27. The molecule has 0 aromatic heterocycles. The summed E-state index contributed by atoms with van der Waals surface area (Å²) in [6, 6.07) is -0.257. The van der Waals surface area contributed by atoms with Gasteiger partial charge in [-0.05, 0) is 33.6 Å². The zero-order valence-electron chi connectivity index (χ0n) is 10.3. The summed E-state index contributed by atoms with van der Waals surface area (Å²) in [5.41, 5.74) is -0.525. The molecule has 0 radical (unpaired) electrons. The second-order valence-corrected chi connectivity index (χ2v) is 5.27. The van der Waals surface area contributed by atoms with Crippen LogP contribution in [-0.2, 0) is 9.53 Å². The Hall–Kier alpha value is -0.780. The van der Waals surface area contributed by atoms with Gasteiger partial charge in [0.1, 0.15) is 13.2 Å². The zero-order valence-corrected chi connectivity index (χ0v) is 10.3. The Bertz CT molecular complexity index is 279. The lowest BCUT2D eigenvalue weighted by atomic mass is 10.2. The molecule has 0 bridgehead atoms. The van der Waals surface area contributed by atoms with Crippen LogP contribution in [0.5, 0.6) is 0 Å². The zero-order chi connectivity index (χ0) is 13.3. The topological polar surface area (TPSA) is 29.5 Å². The monoisotopic (exact) mass is 253 g/mol. The quantitative estimate of drug-likeness (QED) is 0.769. The number of ether oxygens (including phenoxy) is 1. The molecule has 0 saturated heterocycles. The number of halogens is 3. The maximum Gasteiger partial charge on any atom is 0.406 e. The highest BCUT2D eigenvalue weighted by atomic mass is 19.4. The highest BCUT2D eigenvalue weighted by Gasteiger charge is 2.40. The van der Waals surface area contributed by atoms with Gasteiger partial charge in [0, 0.05) is 6.04 Å². The van der Waals surface area contributed by atoms with Gasteiger partial charge in [-0.3, -0.25) is 4.79 Å². The normalized spacial score (nSPS) is 17.1. The molecule has 0 atom stereocenters. The van der Waals surface area contributed by atoms with E-state index in [1.165, 1.54) is 0 Å². The van der Waals surface area contributed by atoms with E-state index in [2.05, 4.69) is 0 Å². The first-order chi connectivity index (χ1) is 7.58. The van der Waals surface area contributed by atoms with Crippen LogP contribution in [0.4, 0.5) is 13.2 Å². The van der Waals surface area contributed by atoms with E-state index in [1.54, 1.807) is 20.8 Å². The fraction of sp³-hybridized carbons (Fsp3) is 0.909. The van der Waals surface area contributed by atoms with E-state index in [9.17, 15) is 18.0 Å². The van der Waals surface area contributed by atoms with Crippen molar-refractivity contribution in [2.24, 2.45) is 0 Å².